The lowest BCUT2D eigenvalue weighted by molar-refractivity contribution is -0.117. The molecular formula is C25H30FN5O2S. The van der Waals surface area contributed by atoms with Crippen molar-refractivity contribution in [1.29, 1.82) is 0 Å². The van der Waals surface area contributed by atoms with Crippen molar-refractivity contribution in [1.82, 2.24) is 25.5 Å². The summed E-state index contributed by atoms with van der Waals surface area (Å²) >= 11 is 1.53. The molecule has 1 aliphatic heterocycles. The molecule has 1 amide bonds. The first-order valence-electron chi connectivity index (χ1n) is 11.7. The van der Waals surface area contributed by atoms with Gasteiger partial charge >= 0.3 is 0 Å². The summed E-state index contributed by atoms with van der Waals surface area (Å²) in [6.07, 6.45) is 8.82. The molecule has 9 heteroatoms. The lowest BCUT2D eigenvalue weighted by Gasteiger charge is -2.37. The molecule has 0 bridgehead atoms. The van der Waals surface area contributed by atoms with Gasteiger partial charge in [0.25, 0.3) is 5.91 Å². The van der Waals surface area contributed by atoms with Crippen LogP contribution >= 0.6 is 11.3 Å². The molecule has 1 aliphatic rings. The Hall–Kier alpha value is -3.07. The maximum atomic E-state index is 15.3. The number of aromatic nitrogens is 4. The van der Waals surface area contributed by atoms with Gasteiger partial charge in [-0.05, 0) is 25.8 Å². The van der Waals surface area contributed by atoms with Gasteiger partial charge in [-0.25, -0.2) is 9.37 Å². The van der Waals surface area contributed by atoms with E-state index in [2.05, 4.69) is 39.3 Å². The second kappa shape index (κ2) is 10.5. The predicted molar refractivity (Wildman–Crippen MR) is 131 cm³/mol. The molecular weight excluding hydrogens is 453 g/mol. The number of rotatable bonds is 10. The van der Waals surface area contributed by atoms with Crippen molar-refractivity contribution in [3.63, 3.8) is 0 Å². The van der Waals surface area contributed by atoms with Crippen LogP contribution in [0.25, 0.3) is 11.1 Å². The van der Waals surface area contributed by atoms with Crippen LogP contribution in [0.3, 0.4) is 0 Å². The maximum absolute atomic E-state index is 15.3. The van der Waals surface area contributed by atoms with Crippen molar-refractivity contribution in [3.05, 3.63) is 57.8 Å². The zero-order valence-corrected chi connectivity index (χ0v) is 20.6. The number of hydrogen-bond donors (Lipinski definition) is 2. The summed E-state index contributed by atoms with van der Waals surface area (Å²) in [7, 11) is 0. The van der Waals surface area contributed by atoms with Crippen LogP contribution in [0.15, 0.2) is 30.7 Å². The molecule has 3 heterocycles. The fraction of sp³-hybridized carbons (Fsp3) is 0.440. The number of aryl methyl sites for hydroxylation is 1. The van der Waals surface area contributed by atoms with Crippen molar-refractivity contribution in [2.75, 3.05) is 6.61 Å². The molecule has 4 rings (SSSR count). The number of ether oxygens (including phenoxy) is 1. The highest BCUT2D eigenvalue weighted by Crippen LogP contribution is 2.43. The summed E-state index contributed by atoms with van der Waals surface area (Å²) in [4.78, 5) is 21.9. The summed E-state index contributed by atoms with van der Waals surface area (Å²) in [5, 5.41) is 11.6. The third-order valence-electron chi connectivity index (χ3n) is 6.06. The van der Waals surface area contributed by atoms with Gasteiger partial charge < -0.3 is 15.0 Å². The fourth-order valence-electron chi connectivity index (χ4n) is 4.22. The number of nitrogens with one attached hydrogen (secondary N) is 2. The number of benzene rings is 1. The molecule has 0 radical (unpaired) electrons. The van der Waals surface area contributed by atoms with Crippen LogP contribution in [0.4, 0.5) is 4.39 Å². The number of halogens is 1. The maximum Gasteiger partial charge on any atom is 0.256 e. The highest BCUT2D eigenvalue weighted by molar-refractivity contribution is 7.12. The minimum atomic E-state index is -0.961. The lowest BCUT2D eigenvalue weighted by atomic mass is 9.80. The van der Waals surface area contributed by atoms with Gasteiger partial charge in [0.1, 0.15) is 22.9 Å². The summed E-state index contributed by atoms with van der Waals surface area (Å²) < 4.78 is 21.0. The minimum Gasteiger partial charge on any atom is -0.493 e. The van der Waals surface area contributed by atoms with Crippen LogP contribution in [0.2, 0.25) is 0 Å². The van der Waals surface area contributed by atoms with E-state index in [0.717, 1.165) is 41.1 Å². The first-order valence-corrected chi connectivity index (χ1v) is 12.6. The van der Waals surface area contributed by atoms with Crippen molar-refractivity contribution < 1.29 is 13.9 Å². The highest BCUT2D eigenvalue weighted by Gasteiger charge is 2.41. The zero-order valence-electron chi connectivity index (χ0n) is 19.8. The van der Waals surface area contributed by atoms with Gasteiger partial charge in [0.2, 0.25) is 0 Å². The van der Waals surface area contributed by atoms with Crippen LogP contribution in [0, 0.1) is 5.82 Å². The van der Waals surface area contributed by atoms with Crippen LogP contribution in [-0.4, -0.2) is 32.7 Å². The Kier molecular flexibility index (Phi) is 7.41. The smallest absolute Gasteiger partial charge is 0.256 e. The third-order valence-corrected chi connectivity index (χ3v) is 7.27. The minimum absolute atomic E-state index is 0.343. The van der Waals surface area contributed by atoms with E-state index in [9.17, 15) is 4.79 Å². The quantitative estimate of drug-likeness (QED) is 0.383. The van der Waals surface area contributed by atoms with Crippen LogP contribution in [-0.2, 0) is 16.8 Å². The Morgan fingerprint density at radius 2 is 2.09 bits per heavy atom. The van der Waals surface area contributed by atoms with E-state index in [0.29, 0.717) is 35.7 Å². The monoisotopic (exact) mass is 483 g/mol. The topological polar surface area (TPSA) is 92.8 Å². The molecule has 0 saturated carbocycles. The van der Waals surface area contributed by atoms with Crippen molar-refractivity contribution in [3.8, 4) is 5.75 Å². The SMILES string of the molecule is CCCCCCOc1ccc([C@]2(C)CC(c3ncc(CC)s3)=C(c3nnc[nH]3)C(=O)N2)c(F)c1. The van der Waals surface area contributed by atoms with E-state index in [4.69, 9.17) is 4.74 Å². The van der Waals surface area contributed by atoms with Crippen LogP contribution in [0.5, 0.6) is 5.75 Å². The Bertz CT molecular complexity index is 1170. The Morgan fingerprint density at radius 1 is 1.24 bits per heavy atom. The Balaban J connectivity index is 1.64. The van der Waals surface area contributed by atoms with E-state index < -0.39 is 11.4 Å². The van der Waals surface area contributed by atoms with E-state index in [1.807, 2.05) is 13.1 Å². The fourth-order valence-corrected chi connectivity index (χ4v) is 5.12. The van der Waals surface area contributed by atoms with Crippen LogP contribution < -0.4 is 10.1 Å². The molecule has 180 valence electrons. The molecule has 2 aromatic heterocycles. The average Bonchev–Trinajstić information content (AvgIpc) is 3.50. The number of aromatic amines is 1. The normalized spacial score (nSPS) is 18.3. The highest BCUT2D eigenvalue weighted by atomic mass is 32.1. The standard InChI is InChI=1S/C25H30FN5O2S/c1-4-6-7-8-11-33-16-9-10-19(20(26)12-16)25(3)13-18(24-27-14-17(5-2)34-24)21(23(32)30-25)22-28-15-29-31-22/h9-10,12,14-15H,4-8,11,13H2,1-3H3,(H,30,32)(H,28,29,31)/t25-/m0/s1. The van der Waals surface area contributed by atoms with E-state index >= 15 is 4.39 Å². The summed E-state index contributed by atoms with van der Waals surface area (Å²) in [6, 6.07) is 4.87. The van der Waals surface area contributed by atoms with Crippen molar-refractivity contribution in [2.24, 2.45) is 0 Å². The second-order valence-corrected chi connectivity index (χ2v) is 9.81. The first kappa shape index (κ1) is 24.1. The van der Waals surface area contributed by atoms with E-state index in [1.54, 1.807) is 12.1 Å². The molecule has 0 unspecified atom stereocenters. The summed E-state index contributed by atoms with van der Waals surface area (Å²) in [5.74, 6) is 0.110. The molecule has 0 saturated heterocycles. The van der Waals surface area contributed by atoms with Crippen molar-refractivity contribution >= 4 is 28.4 Å². The molecule has 0 fully saturated rings. The zero-order chi connectivity index (χ0) is 24.1. The molecule has 7 nitrogen and oxygen atoms in total. The van der Waals surface area contributed by atoms with Crippen LogP contribution in [0.1, 0.15) is 74.1 Å². The third kappa shape index (κ3) is 5.04. The van der Waals surface area contributed by atoms with E-state index in [1.165, 1.54) is 30.2 Å². The Labute approximate surface area is 202 Å². The van der Waals surface area contributed by atoms with Gasteiger partial charge in [-0.2, -0.15) is 0 Å². The van der Waals surface area contributed by atoms with Gasteiger partial charge in [-0.3, -0.25) is 4.79 Å². The molecule has 2 N–H and O–H groups in total. The average molecular weight is 484 g/mol. The van der Waals surface area contributed by atoms with Gasteiger partial charge in [0.15, 0.2) is 5.82 Å². The van der Waals surface area contributed by atoms with Gasteiger partial charge in [-0.15, -0.1) is 21.5 Å². The number of thiazole rings is 1. The number of unbranched alkanes of at least 4 members (excludes halogenated alkanes) is 3. The second-order valence-electron chi connectivity index (χ2n) is 8.69. The molecule has 3 aromatic rings. The number of carbonyl (C=O) groups excluding carboxylic acids is 1. The number of H-pyrrole nitrogens is 1. The number of carbonyl (C=O) groups is 1. The molecule has 1 atom stereocenters. The molecule has 0 spiro atoms. The number of nitrogens with zero attached hydrogens (tertiary/aromatic N) is 3. The molecule has 1 aromatic carbocycles. The predicted octanol–water partition coefficient (Wildman–Crippen LogP) is 5.27. The number of hydrogen-bond acceptors (Lipinski definition) is 6. The summed E-state index contributed by atoms with van der Waals surface area (Å²) in [6.45, 7) is 6.61. The lowest BCUT2D eigenvalue weighted by Crippen LogP contribution is -2.48. The van der Waals surface area contributed by atoms with Gasteiger partial charge in [-0.1, -0.05) is 39.2 Å². The molecule has 34 heavy (non-hydrogen) atoms. The summed E-state index contributed by atoms with van der Waals surface area (Å²) in [5.41, 5.74) is 0.556. The first-order chi connectivity index (χ1) is 16.4. The van der Waals surface area contributed by atoms with Gasteiger partial charge in [0.05, 0.1) is 17.7 Å². The van der Waals surface area contributed by atoms with Crippen molar-refractivity contribution in [2.45, 2.75) is 64.8 Å². The molecule has 0 aliphatic carbocycles. The number of amides is 1. The largest absolute Gasteiger partial charge is 0.493 e. The van der Waals surface area contributed by atoms with E-state index in [-0.39, 0.29) is 5.91 Å². The van der Waals surface area contributed by atoms with Gasteiger partial charge in [0, 0.05) is 34.7 Å². The Morgan fingerprint density at radius 3 is 2.76 bits per heavy atom.